The third-order valence-electron chi connectivity index (χ3n) is 4.63. The van der Waals surface area contributed by atoms with Crippen molar-refractivity contribution in [2.75, 3.05) is 30.9 Å². The lowest BCUT2D eigenvalue weighted by Gasteiger charge is -2.23. The van der Waals surface area contributed by atoms with Gasteiger partial charge in [-0.15, -0.1) is 11.8 Å². The Balaban J connectivity index is 1.56. The Morgan fingerprint density at radius 2 is 2.18 bits per heavy atom. The van der Waals surface area contributed by atoms with Crippen LogP contribution in [0.25, 0.3) is 10.2 Å². The van der Waals surface area contributed by atoms with Gasteiger partial charge in [0.1, 0.15) is 5.75 Å². The van der Waals surface area contributed by atoms with Crippen LogP contribution in [0.3, 0.4) is 0 Å². The average Bonchev–Trinajstić information content (AvgIpc) is 3.39. The van der Waals surface area contributed by atoms with Gasteiger partial charge in [0.15, 0.2) is 11.7 Å². The second-order valence-electron chi connectivity index (χ2n) is 6.57. The molecule has 0 saturated carbocycles. The Labute approximate surface area is 172 Å². The van der Waals surface area contributed by atoms with Gasteiger partial charge in [-0.3, -0.25) is 9.69 Å². The number of para-hydroxylation sites is 1. The van der Waals surface area contributed by atoms with Crippen LogP contribution in [0, 0.1) is 0 Å². The lowest BCUT2D eigenvalue weighted by molar-refractivity contribution is -0.120. The van der Waals surface area contributed by atoms with Crippen molar-refractivity contribution in [3.63, 3.8) is 0 Å². The van der Waals surface area contributed by atoms with Crippen molar-refractivity contribution in [1.82, 2.24) is 4.98 Å². The normalized spacial score (nSPS) is 16.4. The minimum atomic E-state index is -0.108. The van der Waals surface area contributed by atoms with Crippen LogP contribution in [-0.2, 0) is 9.53 Å². The van der Waals surface area contributed by atoms with E-state index in [-0.39, 0.29) is 18.6 Å². The van der Waals surface area contributed by atoms with Gasteiger partial charge in [-0.1, -0.05) is 29.5 Å². The van der Waals surface area contributed by atoms with E-state index >= 15 is 0 Å². The molecule has 1 aliphatic heterocycles. The quantitative estimate of drug-likeness (QED) is 0.529. The van der Waals surface area contributed by atoms with Crippen molar-refractivity contribution >= 4 is 44.4 Å². The van der Waals surface area contributed by atoms with Gasteiger partial charge in [-0.2, -0.15) is 0 Å². The number of thioether (sulfide) groups is 1. The molecule has 5 nitrogen and oxygen atoms in total. The van der Waals surface area contributed by atoms with Gasteiger partial charge in [0.25, 0.3) is 5.91 Å². The fourth-order valence-corrected chi connectivity index (χ4v) is 4.70. The molecule has 146 valence electrons. The van der Waals surface area contributed by atoms with Gasteiger partial charge in [0, 0.05) is 11.5 Å². The first-order valence-corrected chi connectivity index (χ1v) is 11.3. The summed E-state index contributed by atoms with van der Waals surface area (Å²) in [6, 6.07) is 15.6. The molecule has 1 atom stereocenters. The van der Waals surface area contributed by atoms with Crippen LogP contribution in [0.15, 0.2) is 53.4 Å². The van der Waals surface area contributed by atoms with Gasteiger partial charge < -0.3 is 9.47 Å². The fourth-order valence-electron chi connectivity index (χ4n) is 3.15. The zero-order chi connectivity index (χ0) is 19.3. The summed E-state index contributed by atoms with van der Waals surface area (Å²) in [4.78, 5) is 20.6. The summed E-state index contributed by atoms with van der Waals surface area (Å²) in [5.74, 6) is 0.574. The van der Waals surface area contributed by atoms with Crippen LogP contribution in [0.4, 0.5) is 5.13 Å². The predicted molar refractivity (Wildman–Crippen MR) is 115 cm³/mol. The molecular weight excluding hydrogens is 392 g/mol. The number of nitrogens with zero attached hydrogens (tertiary/aromatic N) is 2. The van der Waals surface area contributed by atoms with Crippen molar-refractivity contribution in [3.05, 3.63) is 48.5 Å². The van der Waals surface area contributed by atoms with Crippen molar-refractivity contribution in [2.45, 2.75) is 23.8 Å². The molecule has 0 N–H and O–H groups in total. The fraction of sp³-hybridized carbons (Fsp3) is 0.333. The maximum Gasteiger partial charge on any atom is 0.266 e. The van der Waals surface area contributed by atoms with Gasteiger partial charge in [0.2, 0.25) is 0 Å². The second kappa shape index (κ2) is 8.94. The Hall–Kier alpha value is -2.09. The minimum Gasteiger partial charge on any atom is -0.484 e. The summed E-state index contributed by atoms with van der Waals surface area (Å²) >= 11 is 3.24. The zero-order valence-corrected chi connectivity index (χ0v) is 17.3. The molecule has 2 heterocycles. The third-order valence-corrected chi connectivity index (χ3v) is 6.40. The van der Waals surface area contributed by atoms with E-state index in [1.165, 1.54) is 16.2 Å². The van der Waals surface area contributed by atoms with Gasteiger partial charge in [-0.05, 0) is 49.4 Å². The monoisotopic (exact) mass is 414 g/mol. The Kier molecular flexibility index (Phi) is 6.14. The van der Waals surface area contributed by atoms with E-state index in [1.54, 1.807) is 16.7 Å². The third kappa shape index (κ3) is 4.48. The topological polar surface area (TPSA) is 51.7 Å². The smallest absolute Gasteiger partial charge is 0.266 e. The number of benzene rings is 2. The maximum atomic E-state index is 13.0. The van der Waals surface area contributed by atoms with Gasteiger partial charge in [-0.25, -0.2) is 4.98 Å². The Morgan fingerprint density at radius 3 is 2.93 bits per heavy atom. The summed E-state index contributed by atoms with van der Waals surface area (Å²) in [6.45, 7) is 1.24. The number of carbonyl (C=O) groups excluding carboxylic acids is 1. The molecule has 1 aliphatic rings. The number of carbonyl (C=O) groups is 1. The molecule has 1 unspecified atom stereocenters. The lowest BCUT2D eigenvalue weighted by atomic mass is 10.2. The van der Waals surface area contributed by atoms with E-state index in [9.17, 15) is 4.79 Å². The van der Waals surface area contributed by atoms with Crippen LogP contribution in [-0.4, -0.2) is 43.0 Å². The van der Waals surface area contributed by atoms with E-state index in [0.717, 1.165) is 29.7 Å². The molecule has 7 heteroatoms. The van der Waals surface area contributed by atoms with Crippen molar-refractivity contribution < 1.29 is 14.3 Å². The highest BCUT2D eigenvalue weighted by Gasteiger charge is 2.26. The van der Waals surface area contributed by atoms with Crippen LogP contribution in [0.5, 0.6) is 5.75 Å². The molecule has 0 radical (unpaired) electrons. The second-order valence-corrected chi connectivity index (χ2v) is 8.46. The molecule has 0 aliphatic carbocycles. The van der Waals surface area contributed by atoms with E-state index in [2.05, 4.69) is 18.4 Å². The number of thiazole rings is 1. The predicted octanol–water partition coefficient (Wildman–Crippen LogP) is 4.61. The number of amides is 1. The summed E-state index contributed by atoms with van der Waals surface area (Å²) in [5, 5.41) is 0.699. The molecule has 1 amide bonds. The molecule has 4 rings (SSSR count). The summed E-state index contributed by atoms with van der Waals surface area (Å²) in [6.07, 6.45) is 4.10. The standard InChI is InChI=1S/C21H22N2O3S2/c1-27-17-9-10-18-19(12-17)28-21(22-18)23(13-16-8-5-11-25-16)20(24)14-26-15-6-3-2-4-7-15/h2-4,6-7,9-10,12,16H,5,8,11,13-14H2,1H3. The average molecular weight is 415 g/mol. The number of rotatable bonds is 7. The first-order chi connectivity index (χ1) is 13.7. The van der Waals surface area contributed by atoms with E-state index in [1.807, 2.05) is 36.4 Å². The minimum absolute atomic E-state index is 0.0251. The van der Waals surface area contributed by atoms with Crippen LogP contribution in [0.2, 0.25) is 0 Å². The van der Waals surface area contributed by atoms with Gasteiger partial charge >= 0.3 is 0 Å². The molecule has 1 saturated heterocycles. The highest BCUT2D eigenvalue weighted by Crippen LogP contribution is 2.32. The molecule has 3 aromatic rings. The van der Waals surface area contributed by atoms with Crippen molar-refractivity contribution in [2.24, 2.45) is 0 Å². The van der Waals surface area contributed by atoms with Crippen LogP contribution >= 0.6 is 23.1 Å². The molecule has 2 aromatic carbocycles. The van der Waals surface area contributed by atoms with Crippen LogP contribution in [0.1, 0.15) is 12.8 Å². The van der Waals surface area contributed by atoms with Gasteiger partial charge in [0.05, 0.1) is 22.9 Å². The maximum absolute atomic E-state index is 13.0. The molecule has 1 fully saturated rings. The van der Waals surface area contributed by atoms with E-state index in [4.69, 9.17) is 14.5 Å². The molecule has 0 bridgehead atoms. The molecule has 1 aromatic heterocycles. The molecule has 28 heavy (non-hydrogen) atoms. The van der Waals surface area contributed by atoms with Crippen LogP contribution < -0.4 is 9.64 Å². The number of ether oxygens (including phenoxy) is 2. The SMILES string of the molecule is CSc1ccc2nc(N(CC3CCCO3)C(=O)COc3ccccc3)sc2c1. The number of fused-ring (bicyclic) bond motifs is 1. The van der Waals surface area contributed by atoms with E-state index in [0.29, 0.717) is 17.4 Å². The van der Waals surface area contributed by atoms with E-state index < -0.39 is 0 Å². The number of anilines is 1. The Bertz CT molecular complexity index is 939. The first-order valence-electron chi connectivity index (χ1n) is 9.27. The number of aromatic nitrogens is 1. The molecule has 0 spiro atoms. The number of hydrogen-bond donors (Lipinski definition) is 0. The Morgan fingerprint density at radius 1 is 1.32 bits per heavy atom. The molecular formula is C21H22N2O3S2. The summed E-state index contributed by atoms with van der Waals surface area (Å²) < 4.78 is 12.5. The summed E-state index contributed by atoms with van der Waals surface area (Å²) in [5.41, 5.74) is 0.909. The first kappa shape index (κ1) is 19.2. The zero-order valence-electron chi connectivity index (χ0n) is 15.7. The largest absolute Gasteiger partial charge is 0.484 e. The highest BCUT2D eigenvalue weighted by molar-refractivity contribution is 7.98. The lowest BCUT2D eigenvalue weighted by Crippen LogP contribution is -2.40. The highest BCUT2D eigenvalue weighted by atomic mass is 32.2. The van der Waals surface area contributed by atoms with Crippen molar-refractivity contribution in [1.29, 1.82) is 0 Å². The summed E-state index contributed by atoms with van der Waals surface area (Å²) in [7, 11) is 0. The van der Waals surface area contributed by atoms with Crippen molar-refractivity contribution in [3.8, 4) is 5.75 Å². The number of hydrogen-bond acceptors (Lipinski definition) is 6.